The third-order valence-corrected chi connectivity index (χ3v) is 2.33. The molecule has 0 unspecified atom stereocenters. The number of urea groups is 1. The van der Waals surface area contributed by atoms with Gasteiger partial charge in [0.25, 0.3) is 0 Å². The van der Waals surface area contributed by atoms with E-state index < -0.39 is 6.03 Å². The van der Waals surface area contributed by atoms with Crippen LogP contribution >= 0.6 is 0 Å². The lowest BCUT2D eigenvalue weighted by molar-refractivity contribution is 0.249. The molecule has 2 rings (SSSR count). The molecule has 0 radical (unpaired) electrons. The van der Waals surface area contributed by atoms with E-state index in [0.717, 1.165) is 11.1 Å². The molecule has 2 aromatic rings. The van der Waals surface area contributed by atoms with Gasteiger partial charge in [0, 0.05) is 12.4 Å². The SMILES string of the molecule is NC(=O)NN=Cc1ccccc1Cn1cccn1. The zero-order valence-electron chi connectivity index (χ0n) is 9.65. The number of primary amides is 1. The first-order chi connectivity index (χ1) is 8.75. The molecular weight excluding hydrogens is 230 g/mol. The Bertz CT molecular complexity index is 547. The molecule has 0 fully saturated rings. The van der Waals surface area contributed by atoms with Gasteiger partial charge in [0.05, 0.1) is 12.8 Å². The number of nitrogens with zero attached hydrogens (tertiary/aromatic N) is 3. The van der Waals surface area contributed by atoms with Gasteiger partial charge in [-0.25, -0.2) is 10.2 Å². The zero-order chi connectivity index (χ0) is 12.8. The average molecular weight is 243 g/mol. The fraction of sp³-hybridized carbons (Fsp3) is 0.0833. The number of hydrogen-bond donors (Lipinski definition) is 2. The highest BCUT2D eigenvalue weighted by atomic mass is 16.2. The van der Waals surface area contributed by atoms with Crippen LogP contribution in [0.15, 0.2) is 47.8 Å². The van der Waals surface area contributed by atoms with Crippen molar-refractivity contribution in [2.45, 2.75) is 6.54 Å². The van der Waals surface area contributed by atoms with Crippen molar-refractivity contribution in [2.24, 2.45) is 10.8 Å². The minimum Gasteiger partial charge on any atom is -0.350 e. The molecule has 0 saturated heterocycles. The van der Waals surface area contributed by atoms with Crippen molar-refractivity contribution in [1.82, 2.24) is 15.2 Å². The van der Waals surface area contributed by atoms with E-state index >= 15 is 0 Å². The van der Waals surface area contributed by atoms with Gasteiger partial charge in [0.1, 0.15) is 0 Å². The number of hydrazone groups is 1. The Kier molecular flexibility index (Phi) is 3.70. The summed E-state index contributed by atoms with van der Waals surface area (Å²) in [6.07, 6.45) is 5.17. The summed E-state index contributed by atoms with van der Waals surface area (Å²) in [5.41, 5.74) is 9.05. The highest BCUT2D eigenvalue weighted by molar-refractivity contribution is 5.83. The van der Waals surface area contributed by atoms with Crippen LogP contribution in [-0.4, -0.2) is 22.0 Å². The van der Waals surface area contributed by atoms with E-state index in [0.29, 0.717) is 6.54 Å². The zero-order valence-corrected chi connectivity index (χ0v) is 9.65. The minimum atomic E-state index is -0.684. The predicted octanol–water partition coefficient (Wildman–Crippen LogP) is 0.934. The van der Waals surface area contributed by atoms with Crippen LogP contribution in [0, 0.1) is 0 Å². The molecule has 18 heavy (non-hydrogen) atoms. The minimum absolute atomic E-state index is 0.645. The number of nitrogens with one attached hydrogen (secondary N) is 1. The molecule has 0 spiro atoms. The van der Waals surface area contributed by atoms with E-state index in [2.05, 4.69) is 15.6 Å². The molecule has 0 atom stereocenters. The van der Waals surface area contributed by atoms with Crippen LogP contribution in [0.4, 0.5) is 4.79 Å². The molecular formula is C12H13N5O. The van der Waals surface area contributed by atoms with E-state index in [9.17, 15) is 4.79 Å². The molecule has 6 nitrogen and oxygen atoms in total. The summed E-state index contributed by atoms with van der Waals surface area (Å²) in [5.74, 6) is 0. The van der Waals surface area contributed by atoms with E-state index in [1.165, 1.54) is 0 Å². The number of aromatic nitrogens is 2. The summed E-state index contributed by atoms with van der Waals surface area (Å²) in [7, 11) is 0. The highest BCUT2D eigenvalue weighted by Gasteiger charge is 2.00. The van der Waals surface area contributed by atoms with Crippen LogP contribution in [-0.2, 0) is 6.54 Å². The van der Waals surface area contributed by atoms with Crippen molar-refractivity contribution in [3.05, 3.63) is 53.9 Å². The Morgan fingerprint density at radius 2 is 2.28 bits per heavy atom. The summed E-state index contributed by atoms with van der Waals surface area (Å²) in [4.78, 5) is 10.5. The number of carbonyl (C=O) groups excluding carboxylic acids is 1. The third-order valence-electron chi connectivity index (χ3n) is 2.33. The Morgan fingerprint density at radius 3 is 3.00 bits per heavy atom. The summed E-state index contributed by atoms with van der Waals surface area (Å²) >= 11 is 0. The van der Waals surface area contributed by atoms with Crippen LogP contribution in [0.2, 0.25) is 0 Å². The maximum Gasteiger partial charge on any atom is 0.332 e. The summed E-state index contributed by atoms with van der Waals surface area (Å²) in [5, 5.41) is 7.90. The van der Waals surface area contributed by atoms with Crippen LogP contribution in [0.3, 0.4) is 0 Å². The van der Waals surface area contributed by atoms with Gasteiger partial charge in [0.2, 0.25) is 0 Å². The molecule has 1 aromatic carbocycles. The van der Waals surface area contributed by atoms with Gasteiger partial charge < -0.3 is 5.73 Å². The Labute approximate surface area is 104 Å². The predicted molar refractivity (Wildman–Crippen MR) is 68.1 cm³/mol. The smallest absolute Gasteiger partial charge is 0.332 e. The van der Waals surface area contributed by atoms with Gasteiger partial charge in [-0.1, -0.05) is 24.3 Å². The maximum absolute atomic E-state index is 10.5. The number of carbonyl (C=O) groups is 1. The van der Waals surface area contributed by atoms with Gasteiger partial charge in [-0.15, -0.1) is 0 Å². The lowest BCUT2D eigenvalue weighted by Gasteiger charge is -2.05. The first-order valence-corrected chi connectivity index (χ1v) is 5.39. The van der Waals surface area contributed by atoms with E-state index in [1.807, 2.05) is 41.2 Å². The molecule has 92 valence electrons. The van der Waals surface area contributed by atoms with Crippen molar-refractivity contribution in [1.29, 1.82) is 0 Å². The Hall–Kier alpha value is -2.63. The van der Waals surface area contributed by atoms with Crippen molar-refractivity contribution in [3.8, 4) is 0 Å². The molecule has 1 aromatic heterocycles. The summed E-state index contributed by atoms with van der Waals surface area (Å²) in [6, 6.07) is 8.91. The lowest BCUT2D eigenvalue weighted by atomic mass is 10.1. The molecule has 0 saturated carbocycles. The summed E-state index contributed by atoms with van der Waals surface area (Å²) in [6.45, 7) is 0.645. The molecule has 0 bridgehead atoms. The number of hydrogen-bond acceptors (Lipinski definition) is 3. The number of rotatable bonds is 4. The third kappa shape index (κ3) is 3.18. The van der Waals surface area contributed by atoms with Crippen LogP contribution in [0.25, 0.3) is 0 Å². The Morgan fingerprint density at radius 1 is 1.44 bits per heavy atom. The fourth-order valence-corrected chi connectivity index (χ4v) is 1.54. The van der Waals surface area contributed by atoms with Gasteiger partial charge in [-0.3, -0.25) is 4.68 Å². The van der Waals surface area contributed by atoms with E-state index in [1.54, 1.807) is 12.4 Å². The van der Waals surface area contributed by atoms with Crippen molar-refractivity contribution in [2.75, 3.05) is 0 Å². The fourth-order valence-electron chi connectivity index (χ4n) is 1.54. The van der Waals surface area contributed by atoms with Crippen LogP contribution in [0.1, 0.15) is 11.1 Å². The molecule has 6 heteroatoms. The van der Waals surface area contributed by atoms with Crippen LogP contribution < -0.4 is 11.2 Å². The van der Waals surface area contributed by atoms with E-state index in [4.69, 9.17) is 5.73 Å². The van der Waals surface area contributed by atoms with Gasteiger partial charge >= 0.3 is 6.03 Å². The monoisotopic (exact) mass is 243 g/mol. The number of amides is 2. The lowest BCUT2D eigenvalue weighted by Crippen LogP contribution is -2.24. The summed E-state index contributed by atoms with van der Waals surface area (Å²) < 4.78 is 1.81. The molecule has 1 heterocycles. The van der Waals surface area contributed by atoms with Gasteiger partial charge in [-0.05, 0) is 17.2 Å². The molecule has 0 aliphatic carbocycles. The standard InChI is InChI=1S/C12H13N5O/c13-12(18)16-14-8-10-4-1-2-5-11(10)9-17-7-3-6-15-17/h1-8H,9H2,(H3,13,16,18). The van der Waals surface area contributed by atoms with Gasteiger partial charge in [0.15, 0.2) is 0 Å². The first-order valence-electron chi connectivity index (χ1n) is 5.39. The van der Waals surface area contributed by atoms with Crippen LogP contribution in [0.5, 0.6) is 0 Å². The molecule has 0 aliphatic heterocycles. The first kappa shape index (κ1) is 11.8. The van der Waals surface area contributed by atoms with E-state index in [-0.39, 0.29) is 0 Å². The highest BCUT2D eigenvalue weighted by Crippen LogP contribution is 2.07. The average Bonchev–Trinajstić information content (AvgIpc) is 2.84. The van der Waals surface area contributed by atoms with Crippen molar-refractivity contribution in [3.63, 3.8) is 0 Å². The second kappa shape index (κ2) is 5.62. The number of benzene rings is 1. The van der Waals surface area contributed by atoms with Crippen molar-refractivity contribution < 1.29 is 4.79 Å². The van der Waals surface area contributed by atoms with Gasteiger partial charge in [-0.2, -0.15) is 10.2 Å². The Balaban J connectivity index is 2.15. The molecule has 0 aliphatic rings. The number of nitrogens with two attached hydrogens (primary N) is 1. The maximum atomic E-state index is 10.5. The quantitative estimate of drug-likeness (QED) is 0.618. The van der Waals surface area contributed by atoms with Crippen molar-refractivity contribution >= 4 is 12.2 Å². The molecule has 2 amide bonds. The largest absolute Gasteiger partial charge is 0.350 e. The second-order valence-electron chi connectivity index (χ2n) is 3.64. The topological polar surface area (TPSA) is 85.3 Å². The normalized spacial score (nSPS) is 10.7. The second-order valence-corrected chi connectivity index (χ2v) is 3.64. The molecule has 3 N–H and O–H groups in total.